The summed E-state index contributed by atoms with van der Waals surface area (Å²) in [6.45, 7) is 0. The summed E-state index contributed by atoms with van der Waals surface area (Å²) in [7, 11) is 0. The van der Waals surface area contributed by atoms with Gasteiger partial charge in [-0.25, -0.2) is 0 Å². The molecular formula is C11H16N2O2. The quantitative estimate of drug-likeness (QED) is 0.635. The molecule has 0 bridgehead atoms. The highest BCUT2D eigenvalue weighted by molar-refractivity contribution is 6.35. The molecular weight excluding hydrogens is 192 g/mol. The normalized spacial score (nSPS) is 36.1. The highest BCUT2D eigenvalue weighted by atomic mass is 16.2. The van der Waals surface area contributed by atoms with E-state index in [2.05, 4.69) is 5.32 Å². The highest BCUT2D eigenvalue weighted by Gasteiger charge is 2.47. The molecule has 0 aromatic rings. The average Bonchev–Trinajstić information content (AvgIpc) is 3.04. The van der Waals surface area contributed by atoms with Crippen LogP contribution < -0.4 is 5.32 Å². The third-order valence-corrected chi connectivity index (χ3v) is 3.77. The average molecular weight is 208 g/mol. The number of fused-ring (bicyclic) bond motifs is 1. The summed E-state index contributed by atoms with van der Waals surface area (Å²) in [5.74, 6) is -0.675. The minimum Gasteiger partial charge on any atom is -0.343 e. The van der Waals surface area contributed by atoms with Crippen molar-refractivity contribution >= 4 is 11.8 Å². The molecule has 2 amide bonds. The zero-order chi connectivity index (χ0) is 10.4. The molecule has 3 rings (SSSR count). The van der Waals surface area contributed by atoms with Crippen LogP contribution in [-0.4, -0.2) is 34.8 Å². The lowest BCUT2D eigenvalue weighted by Crippen LogP contribution is -2.64. The van der Waals surface area contributed by atoms with E-state index in [1.807, 2.05) is 4.90 Å². The van der Waals surface area contributed by atoms with Crippen LogP contribution >= 0.6 is 0 Å². The molecule has 1 saturated heterocycles. The Morgan fingerprint density at radius 1 is 1.07 bits per heavy atom. The molecule has 2 aliphatic carbocycles. The Morgan fingerprint density at radius 2 is 1.80 bits per heavy atom. The van der Waals surface area contributed by atoms with Gasteiger partial charge in [0, 0.05) is 12.1 Å². The van der Waals surface area contributed by atoms with Crippen molar-refractivity contribution in [2.24, 2.45) is 0 Å². The number of carbonyl (C=O) groups excluding carboxylic acids is 2. The minimum atomic E-state index is -0.384. The molecule has 0 radical (unpaired) electrons. The fourth-order valence-corrected chi connectivity index (χ4v) is 2.90. The molecule has 4 nitrogen and oxygen atoms in total. The summed E-state index contributed by atoms with van der Waals surface area (Å²) in [5, 5.41) is 2.85. The van der Waals surface area contributed by atoms with Crippen molar-refractivity contribution in [1.29, 1.82) is 0 Å². The molecule has 1 heterocycles. The molecule has 4 heteroatoms. The van der Waals surface area contributed by atoms with Crippen LogP contribution in [-0.2, 0) is 9.59 Å². The van der Waals surface area contributed by atoms with Crippen LogP contribution in [0.3, 0.4) is 0 Å². The molecule has 0 aromatic carbocycles. The van der Waals surface area contributed by atoms with Crippen LogP contribution in [0.1, 0.15) is 38.5 Å². The molecule has 2 saturated carbocycles. The van der Waals surface area contributed by atoms with E-state index in [1.54, 1.807) is 0 Å². The van der Waals surface area contributed by atoms with Crippen LogP contribution in [0.2, 0.25) is 0 Å². The van der Waals surface area contributed by atoms with Gasteiger partial charge in [-0.2, -0.15) is 0 Å². The Kier molecular flexibility index (Phi) is 1.97. The second kappa shape index (κ2) is 3.22. The standard InChI is InChI=1S/C11H16N2O2/c14-10-11(15)13(7-5-6-7)9-4-2-1-3-8(9)12-10/h7-9H,1-6H2,(H,12,14). The molecule has 0 aromatic heterocycles. The van der Waals surface area contributed by atoms with Crippen LogP contribution in [0.5, 0.6) is 0 Å². The summed E-state index contributed by atoms with van der Waals surface area (Å²) < 4.78 is 0. The minimum absolute atomic E-state index is 0.226. The van der Waals surface area contributed by atoms with Gasteiger partial charge < -0.3 is 10.2 Å². The van der Waals surface area contributed by atoms with Gasteiger partial charge in [0.2, 0.25) is 0 Å². The van der Waals surface area contributed by atoms with Crippen molar-refractivity contribution in [3.63, 3.8) is 0 Å². The number of rotatable bonds is 1. The number of hydrogen-bond acceptors (Lipinski definition) is 2. The number of hydrogen-bond donors (Lipinski definition) is 1. The van der Waals surface area contributed by atoms with Gasteiger partial charge in [0.05, 0.1) is 6.04 Å². The predicted octanol–water partition coefficient (Wildman–Crippen LogP) is 0.418. The molecule has 1 aliphatic heterocycles. The Morgan fingerprint density at radius 3 is 2.53 bits per heavy atom. The van der Waals surface area contributed by atoms with E-state index in [0.29, 0.717) is 6.04 Å². The summed E-state index contributed by atoms with van der Waals surface area (Å²) >= 11 is 0. The van der Waals surface area contributed by atoms with Crippen molar-refractivity contribution in [2.75, 3.05) is 0 Å². The van der Waals surface area contributed by atoms with Crippen LogP contribution in [0.4, 0.5) is 0 Å². The fourth-order valence-electron chi connectivity index (χ4n) is 2.90. The van der Waals surface area contributed by atoms with Crippen LogP contribution in [0.15, 0.2) is 0 Å². The van der Waals surface area contributed by atoms with E-state index in [9.17, 15) is 9.59 Å². The first kappa shape index (κ1) is 9.19. The van der Waals surface area contributed by atoms with Gasteiger partial charge in [-0.3, -0.25) is 9.59 Å². The van der Waals surface area contributed by atoms with E-state index < -0.39 is 0 Å². The van der Waals surface area contributed by atoms with Crippen molar-refractivity contribution < 1.29 is 9.59 Å². The largest absolute Gasteiger partial charge is 0.343 e. The third kappa shape index (κ3) is 1.43. The number of carbonyl (C=O) groups is 2. The maximum absolute atomic E-state index is 11.8. The highest BCUT2D eigenvalue weighted by Crippen LogP contribution is 2.35. The first-order valence-corrected chi connectivity index (χ1v) is 5.90. The van der Waals surface area contributed by atoms with Crippen molar-refractivity contribution in [3.05, 3.63) is 0 Å². The SMILES string of the molecule is O=C1NC2CCCCC2N(C2CC2)C1=O. The van der Waals surface area contributed by atoms with E-state index in [4.69, 9.17) is 0 Å². The van der Waals surface area contributed by atoms with E-state index in [0.717, 1.165) is 25.7 Å². The Balaban J connectivity index is 1.86. The summed E-state index contributed by atoms with van der Waals surface area (Å²) in [6.07, 6.45) is 6.63. The van der Waals surface area contributed by atoms with Crippen molar-refractivity contribution in [3.8, 4) is 0 Å². The fraction of sp³-hybridized carbons (Fsp3) is 0.818. The van der Waals surface area contributed by atoms with E-state index in [1.165, 1.54) is 12.8 Å². The number of nitrogens with one attached hydrogen (secondary N) is 1. The molecule has 82 valence electrons. The summed E-state index contributed by atoms with van der Waals surface area (Å²) in [6, 6.07) is 0.884. The second-order valence-electron chi connectivity index (χ2n) is 4.88. The van der Waals surface area contributed by atoms with Gasteiger partial charge in [0.25, 0.3) is 0 Å². The second-order valence-corrected chi connectivity index (χ2v) is 4.88. The van der Waals surface area contributed by atoms with Crippen LogP contribution in [0, 0.1) is 0 Å². The van der Waals surface area contributed by atoms with Gasteiger partial charge >= 0.3 is 11.8 Å². The van der Waals surface area contributed by atoms with Crippen molar-refractivity contribution in [1.82, 2.24) is 10.2 Å². The maximum atomic E-state index is 11.8. The molecule has 3 aliphatic rings. The topological polar surface area (TPSA) is 49.4 Å². The van der Waals surface area contributed by atoms with Gasteiger partial charge in [-0.1, -0.05) is 12.8 Å². The third-order valence-electron chi connectivity index (χ3n) is 3.77. The molecule has 3 fully saturated rings. The molecule has 0 spiro atoms. The van der Waals surface area contributed by atoms with Crippen molar-refractivity contribution in [2.45, 2.75) is 56.7 Å². The molecule has 2 unspecified atom stereocenters. The van der Waals surface area contributed by atoms with Gasteiger partial charge in [-0.15, -0.1) is 0 Å². The van der Waals surface area contributed by atoms with Crippen LogP contribution in [0.25, 0.3) is 0 Å². The number of nitrogens with zero attached hydrogens (tertiary/aromatic N) is 1. The zero-order valence-electron chi connectivity index (χ0n) is 8.74. The van der Waals surface area contributed by atoms with Gasteiger partial charge in [-0.05, 0) is 25.7 Å². The Hall–Kier alpha value is -1.06. The number of piperazine rings is 1. The van der Waals surface area contributed by atoms with E-state index >= 15 is 0 Å². The Labute approximate surface area is 89.0 Å². The lowest BCUT2D eigenvalue weighted by molar-refractivity contribution is -0.153. The summed E-state index contributed by atoms with van der Waals surface area (Å²) in [4.78, 5) is 25.1. The monoisotopic (exact) mass is 208 g/mol. The zero-order valence-corrected chi connectivity index (χ0v) is 8.74. The first-order valence-electron chi connectivity index (χ1n) is 5.90. The van der Waals surface area contributed by atoms with Gasteiger partial charge in [0.1, 0.15) is 0 Å². The molecule has 15 heavy (non-hydrogen) atoms. The first-order chi connectivity index (χ1) is 7.27. The van der Waals surface area contributed by atoms with E-state index in [-0.39, 0.29) is 23.9 Å². The van der Waals surface area contributed by atoms with Gasteiger partial charge in [0.15, 0.2) is 0 Å². The molecule has 1 N–H and O–H groups in total. The lowest BCUT2D eigenvalue weighted by Gasteiger charge is -2.43. The molecule has 2 atom stereocenters. The Bertz CT molecular complexity index is 312. The number of amides is 2. The smallest absolute Gasteiger partial charge is 0.312 e. The predicted molar refractivity (Wildman–Crippen MR) is 54.1 cm³/mol. The maximum Gasteiger partial charge on any atom is 0.312 e. The lowest BCUT2D eigenvalue weighted by atomic mass is 9.87. The summed E-state index contributed by atoms with van der Waals surface area (Å²) in [5.41, 5.74) is 0.